The Labute approximate surface area is 173 Å². The highest BCUT2D eigenvalue weighted by molar-refractivity contribution is 6.31. The number of anilines is 1. The number of imide groups is 1. The summed E-state index contributed by atoms with van der Waals surface area (Å²) in [5, 5.41) is 0.237. The highest BCUT2D eigenvalue weighted by Gasteiger charge is 2.47. The Kier molecular flexibility index (Phi) is 5.16. The van der Waals surface area contributed by atoms with E-state index in [2.05, 4.69) is 0 Å². The molecule has 0 bridgehead atoms. The van der Waals surface area contributed by atoms with Gasteiger partial charge in [0.05, 0.1) is 5.02 Å². The van der Waals surface area contributed by atoms with Crippen molar-refractivity contribution in [2.45, 2.75) is 19.9 Å². The van der Waals surface area contributed by atoms with E-state index in [1.54, 1.807) is 42.5 Å². The quantitative estimate of drug-likeness (QED) is 0.673. The number of carbonyl (C=O) groups is 2. The second-order valence-corrected chi connectivity index (χ2v) is 7.35. The summed E-state index contributed by atoms with van der Waals surface area (Å²) >= 11 is 6.19. The van der Waals surface area contributed by atoms with Crippen molar-refractivity contribution in [3.05, 3.63) is 88.7 Å². The summed E-state index contributed by atoms with van der Waals surface area (Å²) in [6, 6.07) is 11.0. The molecule has 146 valence electrons. The third kappa shape index (κ3) is 3.54. The van der Waals surface area contributed by atoms with Crippen molar-refractivity contribution in [2.75, 3.05) is 4.90 Å². The largest absolute Gasteiger partial charge is 0.506 e. The summed E-state index contributed by atoms with van der Waals surface area (Å²) in [7, 11) is 0. The normalized spacial score (nSPS) is 18.4. The van der Waals surface area contributed by atoms with Crippen molar-refractivity contribution in [2.24, 2.45) is 5.92 Å². The van der Waals surface area contributed by atoms with Crippen LogP contribution in [0.1, 0.15) is 18.1 Å². The Morgan fingerprint density at radius 1 is 1.10 bits per heavy atom. The van der Waals surface area contributed by atoms with Gasteiger partial charge in [0, 0.05) is 5.56 Å². The Morgan fingerprint density at radius 3 is 2.55 bits per heavy atom. The number of urea groups is 1. The van der Waals surface area contributed by atoms with Crippen LogP contribution in [0.5, 0.6) is 0 Å². The van der Waals surface area contributed by atoms with Gasteiger partial charge in [-0.1, -0.05) is 55.0 Å². The fourth-order valence-corrected chi connectivity index (χ4v) is 3.79. The van der Waals surface area contributed by atoms with Gasteiger partial charge in [0.25, 0.3) is 0 Å². The second-order valence-electron chi connectivity index (χ2n) is 6.94. The Bertz CT molecular complexity index is 1090. The molecule has 2 aliphatic rings. The smallest absolute Gasteiger partial charge is 0.245 e. The number of nitrogens with zero attached hydrogens (tertiary/aromatic N) is 2. The van der Waals surface area contributed by atoms with Crippen molar-refractivity contribution in [3.8, 4) is 0 Å². The van der Waals surface area contributed by atoms with Gasteiger partial charge in [0.15, 0.2) is 0 Å². The number of benzene rings is 2. The maximum atomic E-state index is 13.4. The molecule has 4 nitrogen and oxygen atoms in total. The van der Waals surface area contributed by atoms with Crippen LogP contribution in [-0.2, 0) is 17.8 Å². The molecule has 2 aromatic carbocycles. The number of hydrogen-bond donors (Lipinski definition) is 0. The molecular weight excluding hydrogens is 391 g/mol. The van der Waals surface area contributed by atoms with Crippen LogP contribution in [0.3, 0.4) is 0 Å². The number of carbonyl (C=O) groups excluding carboxylic acids is 2. The fourth-order valence-electron chi connectivity index (χ4n) is 3.56. The maximum Gasteiger partial charge on any atom is 0.506 e. The molecule has 4 rings (SSSR count). The lowest BCUT2D eigenvalue weighted by molar-refractivity contribution is -0.445. The van der Waals surface area contributed by atoms with Gasteiger partial charge in [-0.25, -0.2) is 9.18 Å². The molecule has 29 heavy (non-hydrogen) atoms. The maximum absolute atomic E-state index is 13.4. The highest BCUT2D eigenvalue weighted by atomic mass is 35.5. The van der Waals surface area contributed by atoms with Crippen molar-refractivity contribution in [1.82, 2.24) is 0 Å². The van der Waals surface area contributed by atoms with E-state index in [0.29, 0.717) is 17.0 Å². The van der Waals surface area contributed by atoms with Crippen molar-refractivity contribution < 1.29 is 18.6 Å². The zero-order valence-corrected chi connectivity index (χ0v) is 16.6. The van der Waals surface area contributed by atoms with E-state index in [0.717, 1.165) is 12.0 Å². The van der Waals surface area contributed by atoms with Gasteiger partial charge in [-0.15, -0.1) is 4.90 Å². The predicted octanol–water partition coefficient (Wildman–Crippen LogP) is 4.90. The molecule has 3 amide bonds. The van der Waals surface area contributed by atoms with Gasteiger partial charge in [-0.2, -0.15) is 9.37 Å². The summed E-state index contributed by atoms with van der Waals surface area (Å²) in [4.78, 5) is 27.7. The van der Waals surface area contributed by atoms with Gasteiger partial charge in [0.1, 0.15) is 29.7 Å². The van der Waals surface area contributed by atoms with E-state index in [1.807, 2.05) is 19.1 Å². The number of hydrogen-bond acceptors (Lipinski definition) is 2. The zero-order valence-electron chi connectivity index (χ0n) is 15.8. The minimum absolute atomic E-state index is 0.138. The number of aryl methyl sites for hydroxylation is 1. The van der Waals surface area contributed by atoms with E-state index in [-0.39, 0.29) is 17.5 Å². The second kappa shape index (κ2) is 7.76. The molecular formula is C23H19ClFN2O2+. The van der Waals surface area contributed by atoms with E-state index < -0.39 is 17.8 Å². The van der Waals surface area contributed by atoms with E-state index in [1.165, 1.54) is 21.6 Å². The summed E-state index contributed by atoms with van der Waals surface area (Å²) in [6.07, 6.45) is 7.98. The lowest BCUT2D eigenvalue weighted by Gasteiger charge is -2.26. The molecule has 1 aliphatic heterocycles. The molecule has 1 aliphatic carbocycles. The van der Waals surface area contributed by atoms with Crippen LogP contribution in [0.2, 0.25) is 5.02 Å². The fraction of sp³-hybridized carbons (Fsp3) is 0.174. The first-order chi connectivity index (χ1) is 14.0. The number of rotatable bonds is 4. The van der Waals surface area contributed by atoms with Gasteiger partial charge < -0.3 is 0 Å². The van der Waals surface area contributed by atoms with Gasteiger partial charge in [-0.05, 0) is 42.3 Å². The molecule has 0 radical (unpaired) electrons. The molecule has 1 unspecified atom stereocenters. The average Bonchev–Trinajstić information content (AvgIpc) is 2.73. The number of amides is 3. The first kappa shape index (κ1) is 19.3. The van der Waals surface area contributed by atoms with Crippen molar-refractivity contribution in [3.63, 3.8) is 0 Å². The Hall–Kier alpha value is -3.05. The van der Waals surface area contributed by atoms with Crippen LogP contribution in [0, 0.1) is 11.7 Å². The SMILES string of the molecule is CCc1ccc(N2C(=O)C3C=CC=CC3=[N+](Cc3ccc(F)cc3Cl)C2=O)cc1. The minimum Gasteiger partial charge on any atom is -0.245 e. The molecule has 0 aromatic heterocycles. The third-order valence-corrected chi connectivity index (χ3v) is 5.52. The van der Waals surface area contributed by atoms with Crippen molar-refractivity contribution in [1.29, 1.82) is 0 Å². The van der Waals surface area contributed by atoms with Crippen molar-refractivity contribution >= 4 is 34.9 Å². The first-order valence-corrected chi connectivity index (χ1v) is 9.77. The third-order valence-electron chi connectivity index (χ3n) is 5.17. The first-order valence-electron chi connectivity index (χ1n) is 9.39. The lowest BCUT2D eigenvalue weighted by atomic mass is 9.94. The summed E-state index contributed by atoms with van der Waals surface area (Å²) in [5.74, 6) is -1.30. The highest BCUT2D eigenvalue weighted by Crippen LogP contribution is 2.27. The van der Waals surface area contributed by atoms with Crippen LogP contribution in [0.4, 0.5) is 14.9 Å². The molecule has 0 N–H and O–H groups in total. The van der Waals surface area contributed by atoms with Gasteiger partial charge >= 0.3 is 11.9 Å². The van der Waals surface area contributed by atoms with Gasteiger partial charge in [-0.3, -0.25) is 0 Å². The molecule has 0 saturated heterocycles. The average molecular weight is 410 g/mol. The standard InChI is InChI=1S/C23H19ClFN2O2/c1-2-15-7-11-18(12-8-15)27-22(28)19-5-3-4-6-21(19)26(23(27)29)14-16-9-10-17(25)13-20(16)24/h3-13,19H,2,14H2,1H3/q+1. The lowest BCUT2D eigenvalue weighted by Crippen LogP contribution is -2.54. The number of fused-ring (bicyclic) bond motifs is 1. The summed E-state index contributed by atoms with van der Waals surface area (Å²) in [6.45, 7) is 2.18. The zero-order chi connectivity index (χ0) is 20.5. The number of allylic oxidation sites excluding steroid dienone is 3. The minimum atomic E-state index is -0.567. The molecule has 0 fully saturated rings. The molecule has 1 heterocycles. The summed E-state index contributed by atoms with van der Waals surface area (Å²) < 4.78 is 15.0. The van der Waals surface area contributed by atoms with E-state index in [9.17, 15) is 14.0 Å². The van der Waals surface area contributed by atoms with Crippen LogP contribution in [0.25, 0.3) is 0 Å². The number of halogens is 2. The Morgan fingerprint density at radius 2 is 1.86 bits per heavy atom. The molecule has 2 aromatic rings. The van der Waals surface area contributed by atoms with Crippen LogP contribution < -0.4 is 4.90 Å². The monoisotopic (exact) mass is 409 g/mol. The van der Waals surface area contributed by atoms with E-state index in [4.69, 9.17) is 11.6 Å². The topological polar surface area (TPSA) is 40.4 Å². The Balaban J connectivity index is 1.79. The van der Waals surface area contributed by atoms with Crippen LogP contribution in [0.15, 0.2) is 66.8 Å². The predicted molar refractivity (Wildman–Crippen MR) is 111 cm³/mol. The molecule has 6 heteroatoms. The molecule has 0 spiro atoms. The van der Waals surface area contributed by atoms with Crippen LogP contribution in [-0.4, -0.2) is 22.2 Å². The van der Waals surface area contributed by atoms with Crippen LogP contribution >= 0.6 is 11.6 Å². The summed E-state index contributed by atoms with van der Waals surface area (Å²) in [5.41, 5.74) is 2.83. The molecule has 0 saturated carbocycles. The molecule has 1 atom stereocenters. The van der Waals surface area contributed by atoms with Gasteiger partial charge in [0.2, 0.25) is 0 Å². The van der Waals surface area contributed by atoms with E-state index >= 15 is 0 Å².